The Morgan fingerprint density at radius 2 is 2.29 bits per heavy atom. The van der Waals surface area contributed by atoms with Crippen LogP contribution in [0.4, 0.5) is 0 Å². The third kappa shape index (κ3) is 2.95. The molecule has 1 unspecified atom stereocenters. The van der Waals surface area contributed by atoms with Gasteiger partial charge in [-0.2, -0.15) is 0 Å². The molecule has 2 saturated heterocycles. The highest BCUT2D eigenvalue weighted by Crippen LogP contribution is 2.19. The molecule has 2 heterocycles. The lowest BCUT2D eigenvalue weighted by atomic mass is 10.1. The van der Waals surface area contributed by atoms with Gasteiger partial charge in [0, 0.05) is 25.6 Å². The van der Waals surface area contributed by atoms with Crippen LogP contribution in [0.25, 0.3) is 0 Å². The molecule has 0 radical (unpaired) electrons. The van der Waals surface area contributed by atoms with Gasteiger partial charge in [-0.05, 0) is 12.8 Å². The van der Waals surface area contributed by atoms with Crippen LogP contribution in [0.2, 0.25) is 0 Å². The molecule has 2 rings (SSSR count). The number of likely N-dealkylation sites (tertiary alicyclic amines) is 1. The van der Waals surface area contributed by atoms with E-state index < -0.39 is 12.0 Å². The molecule has 0 spiro atoms. The van der Waals surface area contributed by atoms with E-state index in [9.17, 15) is 9.59 Å². The highest BCUT2D eigenvalue weighted by Gasteiger charge is 2.34. The van der Waals surface area contributed by atoms with E-state index >= 15 is 0 Å². The van der Waals surface area contributed by atoms with E-state index in [4.69, 9.17) is 9.84 Å². The summed E-state index contributed by atoms with van der Waals surface area (Å²) in [5.41, 5.74) is 0. The number of ether oxygens (including phenoxy) is 1. The van der Waals surface area contributed by atoms with Gasteiger partial charge < -0.3 is 20.1 Å². The molecule has 0 aliphatic carbocycles. The van der Waals surface area contributed by atoms with Crippen LogP contribution in [-0.2, 0) is 14.3 Å². The summed E-state index contributed by atoms with van der Waals surface area (Å²) in [7, 11) is 0. The zero-order valence-electron chi connectivity index (χ0n) is 9.72. The van der Waals surface area contributed by atoms with Crippen LogP contribution in [0.1, 0.15) is 19.3 Å². The third-order valence-electron chi connectivity index (χ3n) is 3.28. The second-order valence-electron chi connectivity index (χ2n) is 4.51. The molecular weight excluding hydrogens is 224 g/mol. The van der Waals surface area contributed by atoms with E-state index in [1.807, 2.05) is 0 Å². The Bertz CT molecular complexity index is 302. The van der Waals surface area contributed by atoms with Gasteiger partial charge in [0.05, 0.1) is 13.2 Å². The number of nitrogens with zero attached hydrogens (tertiary/aromatic N) is 1. The van der Waals surface area contributed by atoms with Crippen LogP contribution in [0, 0.1) is 0 Å². The monoisotopic (exact) mass is 242 g/mol. The van der Waals surface area contributed by atoms with Crippen molar-refractivity contribution in [2.75, 3.05) is 26.3 Å². The molecule has 0 bridgehead atoms. The van der Waals surface area contributed by atoms with Gasteiger partial charge in [0.2, 0.25) is 5.91 Å². The minimum atomic E-state index is -0.899. The highest BCUT2D eigenvalue weighted by molar-refractivity contribution is 5.84. The number of rotatable bonds is 3. The number of amides is 1. The van der Waals surface area contributed by atoms with Gasteiger partial charge in [-0.25, -0.2) is 4.79 Å². The maximum Gasteiger partial charge on any atom is 0.326 e. The van der Waals surface area contributed by atoms with E-state index in [1.165, 1.54) is 4.90 Å². The highest BCUT2D eigenvalue weighted by atomic mass is 16.5. The predicted octanol–water partition coefficient (Wildman–Crippen LogP) is -0.559. The van der Waals surface area contributed by atoms with Crippen LogP contribution in [0.15, 0.2) is 0 Å². The lowest BCUT2D eigenvalue weighted by Crippen LogP contribution is -2.47. The number of hydrogen-bond donors (Lipinski definition) is 2. The van der Waals surface area contributed by atoms with Crippen molar-refractivity contribution in [1.82, 2.24) is 10.2 Å². The third-order valence-corrected chi connectivity index (χ3v) is 3.28. The SMILES string of the molecule is O=C(O)[C@H]1CCCN1C(=O)CC1COCCN1. The predicted molar refractivity (Wildman–Crippen MR) is 59.6 cm³/mol. The van der Waals surface area contributed by atoms with Crippen molar-refractivity contribution in [2.24, 2.45) is 0 Å². The lowest BCUT2D eigenvalue weighted by molar-refractivity contribution is -0.148. The zero-order valence-corrected chi connectivity index (χ0v) is 9.72. The number of carbonyl (C=O) groups excluding carboxylic acids is 1. The van der Waals surface area contributed by atoms with Crippen molar-refractivity contribution in [2.45, 2.75) is 31.3 Å². The van der Waals surface area contributed by atoms with Crippen molar-refractivity contribution in [1.29, 1.82) is 0 Å². The topological polar surface area (TPSA) is 78.9 Å². The normalized spacial score (nSPS) is 29.3. The molecule has 2 atom stereocenters. The van der Waals surface area contributed by atoms with Gasteiger partial charge in [0.1, 0.15) is 6.04 Å². The Kier molecular flexibility index (Phi) is 3.96. The van der Waals surface area contributed by atoms with E-state index in [0.717, 1.165) is 13.0 Å². The summed E-state index contributed by atoms with van der Waals surface area (Å²) < 4.78 is 5.27. The Balaban J connectivity index is 1.88. The molecule has 1 amide bonds. The summed E-state index contributed by atoms with van der Waals surface area (Å²) >= 11 is 0. The van der Waals surface area contributed by atoms with Crippen LogP contribution in [0.3, 0.4) is 0 Å². The molecule has 2 fully saturated rings. The van der Waals surface area contributed by atoms with Gasteiger partial charge in [-0.1, -0.05) is 0 Å². The summed E-state index contributed by atoms with van der Waals surface area (Å²) in [4.78, 5) is 24.5. The number of carbonyl (C=O) groups is 2. The Labute approximate surface area is 99.9 Å². The van der Waals surface area contributed by atoms with Gasteiger partial charge in [0.25, 0.3) is 0 Å². The number of carboxylic acids is 1. The minimum absolute atomic E-state index is 0.0197. The summed E-state index contributed by atoms with van der Waals surface area (Å²) in [5, 5.41) is 12.2. The Morgan fingerprint density at radius 1 is 1.47 bits per heavy atom. The van der Waals surface area contributed by atoms with Gasteiger partial charge in [-0.3, -0.25) is 4.79 Å². The van der Waals surface area contributed by atoms with E-state index in [1.54, 1.807) is 0 Å². The van der Waals surface area contributed by atoms with E-state index in [-0.39, 0.29) is 11.9 Å². The average molecular weight is 242 g/mol. The summed E-state index contributed by atoms with van der Waals surface area (Å²) in [6.45, 7) is 2.51. The number of morpholine rings is 1. The van der Waals surface area contributed by atoms with Crippen molar-refractivity contribution < 1.29 is 19.4 Å². The standard InChI is InChI=1S/C11H18N2O4/c14-10(6-8-7-17-5-3-12-8)13-4-1-2-9(13)11(15)16/h8-9,12H,1-7H2,(H,15,16)/t8?,9-/m1/s1. The summed E-state index contributed by atoms with van der Waals surface area (Å²) in [6.07, 6.45) is 1.66. The number of carboxylic acid groups (broad SMARTS) is 1. The molecule has 0 aromatic heterocycles. The van der Waals surface area contributed by atoms with Crippen molar-refractivity contribution in [3.63, 3.8) is 0 Å². The van der Waals surface area contributed by atoms with Crippen molar-refractivity contribution in [3.8, 4) is 0 Å². The molecule has 2 aliphatic heterocycles. The molecule has 17 heavy (non-hydrogen) atoms. The van der Waals surface area contributed by atoms with E-state index in [2.05, 4.69) is 5.32 Å². The molecule has 96 valence electrons. The minimum Gasteiger partial charge on any atom is -0.480 e. The van der Waals surface area contributed by atoms with Gasteiger partial charge >= 0.3 is 5.97 Å². The second kappa shape index (κ2) is 5.46. The molecule has 0 aromatic rings. The van der Waals surface area contributed by atoms with Crippen LogP contribution in [0.5, 0.6) is 0 Å². The van der Waals surface area contributed by atoms with Crippen LogP contribution < -0.4 is 5.32 Å². The quantitative estimate of drug-likeness (QED) is 0.693. The molecule has 6 heteroatoms. The fourth-order valence-electron chi connectivity index (χ4n) is 2.40. The summed E-state index contributed by atoms with van der Waals surface area (Å²) in [5.74, 6) is -0.985. The van der Waals surface area contributed by atoms with Crippen molar-refractivity contribution in [3.05, 3.63) is 0 Å². The first kappa shape index (κ1) is 12.3. The van der Waals surface area contributed by atoms with Gasteiger partial charge in [0.15, 0.2) is 0 Å². The van der Waals surface area contributed by atoms with Crippen LogP contribution >= 0.6 is 0 Å². The smallest absolute Gasteiger partial charge is 0.326 e. The first-order valence-corrected chi connectivity index (χ1v) is 6.02. The molecule has 2 N–H and O–H groups in total. The zero-order chi connectivity index (χ0) is 12.3. The lowest BCUT2D eigenvalue weighted by Gasteiger charge is -2.27. The Hall–Kier alpha value is -1.14. The fourth-order valence-corrected chi connectivity index (χ4v) is 2.40. The molecule has 0 aromatic carbocycles. The molecule has 2 aliphatic rings. The number of hydrogen-bond acceptors (Lipinski definition) is 4. The number of nitrogens with one attached hydrogen (secondary N) is 1. The van der Waals surface area contributed by atoms with Crippen molar-refractivity contribution >= 4 is 11.9 Å². The average Bonchev–Trinajstić information content (AvgIpc) is 2.79. The van der Waals surface area contributed by atoms with Gasteiger partial charge in [-0.15, -0.1) is 0 Å². The maximum absolute atomic E-state index is 12.0. The van der Waals surface area contributed by atoms with E-state index in [0.29, 0.717) is 32.6 Å². The first-order valence-electron chi connectivity index (χ1n) is 6.02. The molecule has 0 saturated carbocycles. The summed E-state index contributed by atoms with van der Waals surface area (Å²) in [6, 6.07) is -0.613. The fraction of sp³-hybridized carbons (Fsp3) is 0.818. The first-order chi connectivity index (χ1) is 8.18. The van der Waals surface area contributed by atoms with Crippen LogP contribution in [-0.4, -0.2) is 60.3 Å². The molecular formula is C11H18N2O4. The molecule has 6 nitrogen and oxygen atoms in total. The second-order valence-corrected chi connectivity index (χ2v) is 4.51. The number of aliphatic carboxylic acids is 1. The Morgan fingerprint density at radius 3 is 2.94 bits per heavy atom. The maximum atomic E-state index is 12.0. The largest absolute Gasteiger partial charge is 0.480 e.